The fraction of sp³-hybridized carbons (Fsp3) is 0.667. The van der Waals surface area contributed by atoms with E-state index in [1.165, 1.54) is 31.8 Å². The lowest BCUT2D eigenvalue weighted by atomic mass is 10.0. The quantitative estimate of drug-likeness (QED) is 0.615. The maximum absolute atomic E-state index is 10.3. The van der Waals surface area contributed by atoms with Crippen molar-refractivity contribution in [2.24, 2.45) is 11.7 Å². The molecule has 0 atom stereocenters. The molecule has 0 bridgehead atoms. The number of hydrogen-bond acceptors (Lipinski definition) is 1. The van der Waals surface area contributed by atoms with Crippen LogP contribution in [0.2, 0.25) is 0 Å². The maximum Gasteiger partial charge on any atom is 0.241 e. The van der Waals surface area contributed by atoms with Crippen molar-refractivity contribution >= 4 is 5.91 Å². The van der Waals surface area contributed by atoms with Crippen LogP contribution in [0.25, 0.3) is 0 Å². The molecule has 11 heavy (non-hydrogen) atoms. The van der Waals surface area contributed by atoms with Gasteiger partial charge in [0.05, 0.1) is 0 Å². The largest absolute Gasteiger partial charge is 0.366 e. The second-order valence-corrected chi connectivity index (χ2v) is 3.19. The van der Waals surface area contributed by atoms with Gasteiger partial charge >= 0.3 is 0 Å². The molecule has 0 aromatic rings. The predicted molar refractivity (Wildman–Crippen MR) is 44.9 cm³/mol. The number of allylic oxidation sites excluding steroid dienone is 1. The molecule has 2 nitrogen and oxygen atoms in total. The highest BCUT2D eigenvalue weighted by molar-refractivity contribution is 5.85. The second-order valence-electron chi connectivity index (χ2n) is 3.19. The van der Waals surface area contributed by atoms with Gasteiger partial charge in [0.1, 0.15) is 0 Å². The summed E-state index contributed by atoms with van der Waals surface area (Å²) in [6, 6.07) is 0. The minimum absolute atomic E-state index is 0.331. The van der Waals surface area contributed by atoms with Crippen LogP contribution in [0.1, 0.15) is 32.1 Å². The third kappa shape index (κ3) is 3.21. The maximum atomic E-state index is 10.3. The molecule has 2 N–H and O–H groups in total. The number of amides is 1. The normalized spacial score (nSPS) is 19.6. The van der Waals surface area contributed by atoms with Gasteiger partial charge in [0.25, 0.3) is 0 Å². The molecule has 1 saturated carbocycles. The van der Waals surface area contributed by atoms with E-state index in [0.29, 0.717) is 0 Å². The molecule has 0 saturated heterocycles. The Kier molecular flexibility index (Phi) is 3.14. The van der Waals surface area contributed by atoms with E-state index >= 15 is 0 Å². The first-order valence-electron chi connectivity index (χ1n) is 4.25. The molecule has 1 rings (SSSR count). The highest BCUT2D eigenvalue weighted by atomic mass is 16.1. The Hall–Kier alpha value is -0.790. The van der Waals surface area contributed by atoms with E-state index in [4.69, 9.17) is 5.73 Å². The third-order valence-corrected chi connectivity index (χ3v) is 2.23. The summed E-state index contributed by atoms with van der Waals surface area (Å²) in [5.41, 5.74) is 4.95. The molecule has 2 heteroatoms. The van der Waals surface area contributed by atoms with E-state index in [1.807, 2.05) is 6.08 Å². The average Bonchev–Trinajstić information content (AvgIpc) is 2.39. The van der Waals surface area contributed by atoms with E-state index < -0.39 is 0 Å². The van der Waals surface area contributed by atoms with Gasteiger partial charge in [0.15, 0.2) is 0 Å². The average molecular weight is 153 g/mol. The van der Waals surface area contributed by atoms with Crippen molar-refractivity contribution in [3.63, 3.8) is 0 Å². The van der Waals surface area contributed by atoms with Gasteiger partial charge in [-0.15, -0.1) is 0 Å². The molecule has 0 spiro atoms. The lowest BCUT2D eigenvalue weighted by molar-refractivity contribution is -0.113. The molecule has 0 aromatic heterocycles. The monoisotopic (exact) mass is 153 g/mol. The number of hydrogen-bond donors (Lipinski definition) is 1. The van der Waals surface area contributed by atoms with Crippen LogP contribution >= 0.6 is 0 Å². The van der Waals surface area contributed by atoms with Gasteiger partial charge in [-0.05, 0) is 18.4 Å². The van der Waals surface area contributed by atoms with Crippen molar-refractivity contribution in [2.75, 3.05) is 0 Å². The van der Waals surface area contributed by atoms with E-state index in [0.717, 1.165) is 12.3 Å². The highest BCUT2D eigenvalue weighted by Gasteiger charge is 2.12. The summed E-state index contributed by atoms with van der Waals surface area (Å²) in [6.07, 6.45) is 9.76. The highest BCUT2D eigenvalue weighted by Crippen LogP contribution is 2.27. The Balaban J connectivity index is 2.15. The van der Waals surface area contributed by atoms with Crippen molar-refractivity contribution in [1.29, 1.82) is 0 Å². The number of rotatable bonds is 3. The van der Waals surface area contributed by atoms with Crippen LogP contribution in [0.4, 0.5) is 0 Å². The standard InChI is InChI=1S/C9H15NO/c10-9(11)7-3-6-8-4-1-2-5-8/h3,7-8H,1-2,4-6H2,(H2,10,11)/b7-3+. The minimum Gasteiger partial charge on any atom is -0.366 e. The number of carbonyl (C=O) groups is 1. The SMILES string of the molecule is NC(=O)/C=C/CC1CCCC1. The fourth-order valence-electron chi connectivity index (χ4n) is 1.62. The molecule has 0 unspecified atom stereocenters. The summed E-state index contributed by atoms with van der Waals surface area (Å²) in [4.78, 5) is 10.3. The summed E-state index contributed by atoms with van der Waals surface area (Å²) in [7, 11) is 0. The molecule has 1 aliphatic carbocycles. The molecule has 0 aliphatic heterocycles. The molecule has 0 heterocycles. The minimum atomic E-state index is -0.331. The van der Waals surface area contributed by atoms with E-state index in [-0.39, 0.29) is 5.91 Å². The Morgan fingerprint density at radius 1 is 1.45 bits per heavy atom. The van der Waals surface area contributed by atoms with Crippen LogP contribution in [-0.2, 0) is 4.79 Å². The molecular formula is C9H15NO. The van der Waals surface area contributed by atoms with Crippen LogP contribution in [0, 0.1) is 5.92 Å². The van der Waals surface area contributed by atoms with Gasteiger partial charge in [-0.25, -0.2) is 0 Å². The Bertz CT molecular complexity index is 157. The number of primary amides is 1. The molecule has 62 valence electrons. The lowest BCUT2D eigenvalue weighted by Crippen LogP contribution is -2.05. The zero-order valence-corrected chi connectivity index (χ0v) is 6.75. The van der Waals surface area contributed by atoms with Gasteiger partial charge in [0.2, 0.25) is 5.91 Å². The lowest BCUT2D eigenvalue weighted by Gasteiger charge is -2.01. The summed E-state index contributed by atoms with van der Waals surface area (Å²) in [6.45, 7) is 0. The molecular weight excluding hydrogens is 138 g/mol. The van der Waals surface area contributed by atoms with Gasteiger partial charge in [-0.3, -0.25) is 4.79 Å². The smallest absolute Gasteiger partial charge is 0.241 e. The van der Waals surface area contributed by atoms with Crippen molar-refractivity contribution in [2.45, 2.75) is 32.1 Å². The van der Waals surface area contributed by atoms with Crippen LogP contribution in [0.15, 0.2) is 12.2 Å². The summed E-state index contributed by atoms with van der Waals surface area (Å²) >= 11 is 0. The Morgan fingerprint density at radius 2 is 2.09 bits per heavy atom. The summed E-state index contributed by atoms with van der Waals surface area (Å²) in [5, 5.41) is 0. The molecule has 1 aliphatic rings. The van der Waals surface area contributed by atoms with Gasteiger partial charge in [-0.1, -0.05) is 31.8 Å². The van der Waals surface area contributed by atoms with Crippen molar-refractivity contribution in [3.8, 4) is 0 Å². The van der Waals surface area contributed by atoms with Crippen molar-refractivity contribution in [3.05, 3.63) is 12.2 Å². The van der Waals surface area contributed by atoms with Crippen LogP contribution in [-0.4, -0.2) is 5.91 Å². The Labute approximate surface area is 67.5 Å². The summed E-state index contributed by atoms with van der Waals surface area (Å²) < 4.78 is 0. The van der Waals surface area contributed by atoms with Crippen molar-refractivity contribution in [1.82, 2.24) is 0 Å². The molecule has 1 amide bonds. The second kappa shape index (κ2) is 4.16. The topological polar surface area (TPSA) is 43.1 Å². The van der Waals surface area contributed by atoms with Gasteiger partial charge in [0, 0.05) is 0 Å². The molecule has 1 fully saturated rings. The van der Waals surface area contributed by atoms with Gasteiger partial charge in [-0.2, -0.15) is 0 Å². The van der Waals surface area contributed by atoms with E-state index in [1.54, 1.807) is 0 Å². The first kappa shape index (κ1) is 8.31. The van der Waals surface area contributed by atoms with Crippen molar-refractivity contribution < 1.29 is 4.79 Å². The van der Waals surface area contributed by atoms with Crippen LogP contribution < -0.4 is 5.73 Å². The Morgan fingerprint density at radius 3 is 2.64 bits per heavy atom. The molecule has 0 aromatic carbocycles. The third-order valence-electron chi connectivity index (χ3n) is 2.23. The first-order chi connectivity index (χ1) is 5.29. The van der Waals surface area contributed by atoms with Crippen LogP contribution in [0.3, 0.4) is 0 Å². The number of carbonyl (C=O) groups excluding carboxylic acids is 1. The zero-order valence-electron chi connectivity index (χ0n) is 6.75. The van der Waals surface area contributed by atoms with E-state index in [2.05, 4.69) is 0 Å². The zero-order chi connectivity index (χ0) is 8.10. The van der Waals surface area contributed by atoms with Crippen LogP contribution in [0.5, 0.6) is 0 Å². The fourth-order valence-corrected chi connectivity index (χ4v) is 1.62. The number of nitrogens with two attached hydrogens (primary N) is 1. The predicted octanol–water partition coefficient (Wildman–Crippen LogP) is 1.61. The molecule has 0 radical (unpaired) electrons. The summed E-state index contributed by atoms with van der Waals surface area (Å²) in [5.74, 6) is 0.480. The van der Waals surface area contributed by atoms with E-state index in [9.17, 15) is 4.79 Å². The first-order valence-corrected chi connectivity index (χ1v) is 4.25. The van der Waals surface area contributed by atoms with Gasteiger partial charge < -0.3 is 5.73 Å².